The highest BCUT2D eigenvalue weighted by Gasteiger charge is 2.47. The van der Waals surface area contributed by atoms with Crippen LogP contribution >= 0.6 is 0 Å². The summed E-state index contributed by atoms with van der Waals surface area (Å²) in [4.78, 5) is 15.8. The number of ketones is 1. The van der Waals surface area contributed by atoms with Crippen LogP contribution < -0.4 is 4.90 Å². The Labute approximate surface area is 228 Å². The SMILES string of the molecule is CC1(C)c2ccccc2N2c3oc(/C=C4/Cc5cc6ccccc6cc5C4=O)cc3C(C)(C)c3cccc1c32. The van der Waals surface area contributed by atoms with Gasteiger partial charge in [-0.05, 0) is 57.3 Å². The van der Waals surface area contributed by atoms with E-state index >= 15 is 0 Å². The number of fused-ring (bicyclic) bond motifs is 6. The molecule has 1 aromatic heterocycles. The van der Waals surface area contributed by atoms with E-state index in [1.807, 2.05) is 24.3 Å². The first-order valence-electron chi connectivity index (χ1n) is 13.7. The molecule has 0 saturated heterocycles. The van der Waals surface area contributed by atoms with Gasteiger partial charge < -0.3 is 4.42 Å². The van der Waals surface area contributed by atoms with E-state index < -0.39 is 0 Å². The van der Waals surface area contributed by atoms with E-state index in [0.29, 0.717) is 6.42 Å². The maximum absolute atomic E-state index is 13.5. The quantitative estimate of drug-likeness (QED) is 0.212. The van der Waals surface area contributed by atoms with Crippen LogP contribution in [0, 0.1) is 0 Å². The van der Waals surface area contributed by atoms with Gasteiger partial charge in [-0.25, -0.2) is 0 Å². The van der Waals surface area contributed by atoms with Crippen molar-refractivity contribution in [2.24, 2.45) is 0 Å². The molecule has 0 atom stereocenters. The molecule has 5 aromatic rings. The zero-order valence-electron chi connectivity index (χ0n) is 22.6. The molecule has 0 saturated carbocycles. The Morgan fingerprint density at radius 3 is 2.15 bits per heavy atom. The molecular weight excluding hydrogens is 478 g/mol. The molecule has 190 valence electrons. The molecule has 3 aliphatic rings. The minimum absolute atomic E-state index is 0.0972. The zero-order chi connectivity index (χ0) is 26.7. The van der Waals surface area contributed by atoms with Crippen LogP contribution in [0.1, 0.15) is 71.6 Å². The molecule has 3 heteroatoms. The highest BCUT2D eigenvalue weighted by atomic mass is 16.4. The molecular formula is C36H29NO2. The summed E-state index contributed by atoms with van der Waals surface area (Å²) < 4.78 is 6.70. The standard InChI is InChI=1S/C36H29NO2/c1-35(2)27-12-7-8-15-31(27)37-32-28(35)13-9-14-29(32)36(3,4)30-20-25(39-34(30)37)18-24-17-23-16-21-10-5-6-11-22(21)19-26(23)33(24)38/h5-16,18-20H,17H2,1-4H3/b24-18-. The Morgan fingerprint density at radius 2 is 1.38 bits per heavy atom. The zero-order valence-corrected chi connectivity index (χ0v) is 22.6. The van der Waals surface area contributed by atoms with Gasteiger partial charge >= 0.3 is 0 Å². The van der Waals surface area contributed by atoms with Crippen molar-refractivity contribution in [3.05, 3.63) is 130 Å². The van der Waals surface area contributed by atoms with Crippen molar-refractivity contribution in [2.45, 2.75) is 44.9 Å². The largest absolute Gasteiger partial charge is 0.440 e. The highest BCUT2D eigenvalue weighted by molar-refractivity contribution is 6.17. The summed E-state index contributed by atoms with van der Waals surface area (Å²) in [7, 11) is 0. The third-order valence-corrected chi connectivity index (χ3v) is 9.24. The van der Waals surface area contributed by atoms with Crippen LogP contribution in [0.5, 0.6) is 0 Å². The smallest absolute Gasteiger partial charge is 0.209 e. The molecule has 0 fully saturated rings. The van der Waals surface area contributed by atoms with Crippen molar-refractivity contribution in [3.8, 4) is 0 Å². The van der Waals surface area contributed by atoms with Crippen LogP contribution in [0.4, 0.5) is 17.3 Å². The second-order valence-corrected chi connectivity index (χ2v) is 12.2. The number of carbonyl (C=O) groups is 1. The number of anilines is 3. The summed E-state index contributed by atoms with van der Waals surface area (Å²) in [6.45, 7) is 9.18. The van der Waals surface area contributed by atoms with Crippen molar-refractivity contribution in [2.75, 3.05) is 4.90 Å². The maximum atomic E-state index is 13.5. The predicted octanol–water partition coefficient (Wildman–Crippen LogP) is 9.00. The maximum Gasteiger partial charge on any atom is 0.209 e. The average molecular weight is 508 g/mol. The lowest BCUT2D eigenvalue weighted by molar-refractivity contribution is 0.104. The van der Waals surface area contributed by atoms with Gasteiger partial charge in [-0.2, -0.15) is 0 Å². The molecule has 2 aliphatic heterocycles. The Bertz CT molecular complexity index is 1920. The number of nitrogens with zero attached hydrogens (tertiary/aromatic N) is 1. The molecule has 0 radical (unpaired) electrons. The van der Waals surface area contributed by atoms with Crippen molar-refractivity contribution in [3.63, 3.8) is 0 Å². The normalized spacial score (nSPS) is 18.6. The Kier molecular flexibility index (Phi) is 4.28. The number of para-hydroxylation sites is 2. The molecule has 0 spiro atoms. The van der Waals surface area contributed by atoms with E-state index in [2.05, 4.69) is 99.3 Å². The van der Waals surface area contributed by atoms with Crippen LogP contribution in [0.3, 0.4) is 0 Å². The third-order valence-electron chi connectivity index (χ3n) is 9.24. The van der Waals surface area contributed by atoms with Gasteiger partial charge in [0, 0.05) is 34.0 Å². The number of carbonyl (C=O) groups excluding carboxylic acids is 1. The van der Waals surface area contributed by atoms with Gasteiger partial charge in [-0.1, -0.05) is 94.4 Å². The lowest BCUT2D eigenvalue weighted by Crippen LogP contribution is -2.37. The minimum Gasteiger partial charge on any atom is -0.440 e. The van der Waals surface area contributed by atoms with Crippen LogP contribution in [0.15, 0.2) is 94.9 Å². The number of rotatable bonds is 1. The topological polar surface area (TPSA) is 33.5 Å². The first-order valence-corrected chi connectivity index (χ1v) is 13.7. The van der Waals surface area contributed by atoms with Crippen molar-refractivity contribution in [1.82, 2.24) is 0 Å². The lowest BCUT2D eigenvalue weighted by Gasteiger charge is -2.47. The van der Waals surface area contributed by atoms with Gasteiger partial charge in [-0.3, -0.25) is 9.69 Å². The number of Topliss-reactive ketones (excluding diaryl/α,β-unsaturated/α-hetero) is 1. The second kappa shape index (κ2) is 7.39. The Balaban J connectivity index is 1.30. The fourth-order valence-electron chi connectivity index (χ4n) is 7.09. The fourth-order valence-corrected chi connectivity index (χ4v) is 7.09. The molecule has 4 aromatic carbocycles. The average Bonchev–Trinajstić information content (AvgIpc) is 3.48. The van der Waals surface area contributed by atoms with Crippen molar-refractivity contribution >= 4 is 39.9 Å². The number of furan rings is 1. The first kappa shape index (κ1) is 22.6. The molecule has 0 unspecified atom stereocenters. The Morgan fingerprint density at radius 1 is 0.744 bits per heavy atom. The van der Waals surface area contributed by atoms with Gasteiger partial charge in [-0.15, -0.1) is 0 Å². The summed E-state index contributed by atoms with van der Waals surface area (Å²) in [5.41, 5.74) is 9.71. The van der Waals surface area contributed by atoms with Crippen molar-refractivity contribution in [1.29, 1.82) is 0 Å². The fraction of sp³-hybridized carbons (Fsp3) is 0.194. The van der Waals surface area contributed by atoms with Crippen LogP contribution in [0.2, 0.25) is 0 Å². The summed E-state index contributed by atoms with van der Waals surface area (Å²) in [5, 5.41) is 2.27. The predicted molar refractivity (Wildman–Crippen MR) is 158 cm³/mol. The van der Waals surface area contributed by atoms with Gasteiger partial charge in [0.05, 0.1) is 11.4 Å². The first-order chi connectivity index (χ1) is 18.7. The lowest BCUT2D eigenvalue weighted by atomic mass is 9.67. The number of allylic oxidation sites excluding steroid dienone is 1. The van der Waals surface area contributed by atoms with E-state index in [0.717, 1.165) is 45.0 Å². The summed E-state index contributed by atoms with van der Waals surface area (Å²) in [6.07, 6.45) is 2.59. The van der Waals surface area contributed by atoms with E-state index in [4.69, 9.17) is 4.42 Å². The third kappa shape index (κ3) is 2.90. The second-order valence-electron chi connectivity index (χ2n) is 12.2. The number of hydrogen-bond donors (Lipinski definition) is 0. The van der Waals surface area contributed by atoms with Crippen LogP contribution in [-0.2, 0) is 17.3 Å². The van der Waals surface area contributed by atoms with E-state index in [1.54, 1.807) is 0 Å². The molecule has 8 rings (SSSR count). The number of benzene rings is 4. The van der Waals surface area contributed by atoms with Gasteiger partial charge in [0.2, 0.25) is 5.88 Å². The Hall–Kier alpha value is -4.37. The summed E-state index contributed by atoms with van der Waals surface area (Å²) in [5.74, 6) is 1.67. The molecule has 3 nitrogen and oxygen atoms in total. The molecule has 0 amide bonds. The highest BCUT2D eigenvalue weighted by Crippen LogP contribution is 2.60. The number of hydrogen-bond acceptors (Lipinski definition) is 3. The van der Waals surface area contributed by atoms with Gasteiger partial charge in [0.15, 0.2) is 5.78 Å². The van der Waals surface area contributed by atoms with Crippen LogP contribution in [-0.4, -0.2) is 5.78 Å². The van der Waals surface area contributed by atoms with Crippen LogP contribution in [0.25, 0.3) is 16.8 Å². The molecule has 0 N–H and O–H groups in total. The molecule has 39 heavy (non-hydrogen) atoms. The molecule has 3 heterocycles. The van der Waals surface area contributed by atoms with Crippen molar-refractivity contribution < 1.29 is 9.21 Å². The van der Waals surface area contributed by atoms with Gasteiger partial charge in [0.25, 0.3) is 0 Å². The molecule has 1 aliphatic carbocycles. The van der Waals surface area contributed by atoms with E-state index in [9.17, 15) is 4.79 Å². The van der Waals surface area contributed by atoms with Gasteiger partial charge in [0.1, 0.15) is 5.76 Å². The molecule has 0 bridgehead atoms. The summed E-state index contributed by atoms with van der Waals surface area (Å²) in [6, 6.07) is 29.9. The van der Waals surface area contributed by atoms with E-state index in [1.165, 1.54) is 27.8 Å². The van der Waals surface area contributed by atoms with E-state index in [-0.39, 0.29) is 16.6 Å². The summed E-state index contributed by atoms with van der Waals surface area (Å²) >= 11 is 0. The minimum atomic E-state index is -0.250. The monoisotopic (exact) mass is 507 g/mol.